The van der Waals surface area contributed by atoms with Crippen molar-refractivity contribution < 1.29 is 4.79 Å². The Hall–Kier alpha value is -2.49. The number of aryl methyl sites for hydroxylation is 1. The molecule has 0 bridgehead atoms. The molecular weight excluding hydrogens is 238 g/mol. The molecule has 4 nitrogen and oxygen atoms in total. The fourth-order valence-electron chi connectivity index (χ4n) is 2.14. The van der Waals surface area contributed by atoms with Gasteiger partial charge in [-0.3, -0.25) is 4.79 Å². The molecule has 0 N–H and O–H groups in total. The summed E-state index contributed by atoms with van der Waals surface area (Å²) in [6.07, 6.45) is 0. The molecule has 0 saturated heterocycles. The summed E-state index contributed by atoms with van der Waals surface area (Å²) in [6, 6.07) is 15.2. The van der Waals surface area contributed by atoms with Gasteiger partial charge in [-0.15, -0.1) is 5.10 Å². The van der Waals surface area contributed by atoms with Crippen molar-refractivity contribution in [1.29, 1.82) is 0 Å². The Labute approximate surface area is 110 Å². The summed E-state index contributed by atoms with van der Waals surface area (Å²) in [5, 5.41) is 8.08. The lowest BCUT2D eigenvalue weighted by Gasteiger charge is -2.05. The molecule has 1 aromatic heterocycles. The normalized spacial score (nSPS) is 10.8. The van der Waals surface area contributed by atoms with E-state index in [-0.39, 0.29) is 12.3 Å². The summed E-state index contributed by atoms with van der Waals surface area (Å²) < 4.78 is 1.64. The Bertz CT molecular complexity index is 746. The van der Waals surface area contributed by atoms with E-state index in [1.54, 1.807) is 4.68 Å². The fraction of sp³-hybridized carbons (Fsp3) is 0.133. The maximum atomic E-state index is 12.3. The molecule has 94 valence electrons. The SMILES string of the molecule is Cc1ccccc1C(=O)Cn1nnc2ccccc21. The number of rotatable bonds is 3. The average molecular weight is 251 g/mol. The second-order valence-electron chi connectivity index (χ2n) is 4.47. The smallest absolute Gasteiger partial charge is 0.184 e. The zero-order valence-corrected chi connectivity index (χ0v) is 10.6. The Morgan fingerprint density at radius 2 is 1.84 bits per heavy atom. The van der Waals surface area contributed by atoms with Crippen LogP contribution in [-0.4, -0.2) is 20.8 Å². The third-order valence-electron chi connectivity index (χ3n) is 3.16. The Morgan fingerprint density at radius 3 is 2.68 bits per heavy atom. The van der Waals surface area contributed by atoms with Gasteiger partial charge in [-0.25, -0.2) is 4.68 Å². The van der Waals surface area contributed by atoms with Crippen molar-refractivity contribution in [2.24, 2.45) is 0 Å². The van der Waals surface area contributed by atoms with E-state index in [2.05, 4.69) is 10.3 Å². The van der Waals surface area contributed by atoms with Gasteiger partial charge in [0.2, 0.25) is 0 Å². The highest BCUT2D eigenvalue weighted by Crippen LogP contribution is 2.13. The van der Waals surface area contributed by atoms with Crippen LogP contribution in [-0.2, 0) is 6.54 Å². The van der Waals surface area contributed by atoms with Crippen LogP contribution in [0, 0.1) is 6.92 Å². The molecule has 2 aromatic carbocycles. The van der Waals surface area contributed by atoms with E-state index in [0.717, 1.165) is 22.2 Å². The molecule has 0 atom stereocenters. The molecular formula is C15H13N3O. The monoisotopic (exact) mass is 251 g/mol. The molecule has 4 heteroatoms. The molecule has 0 spiro atoms. The molecule has 0 aliphatic heterocycles. The molecule has 0 saturated carbocycles. The molecule has 19 heavy (non-hydrogen) atoms. The van der Waals surface area contributed by atoms with Gasteiger partial charge in [-0.1, -0.05) is 41.6 Å². The van der Waals surface area contributed by atoms with Crippen molar-refractivity contribution in [1.82, 2.24) is 15.0 Å². The topological polar surface area (TPSA) is 47.8 Å². The maximum absolute atomic E-state index is 12.3. The number of aromatic nitrogens is 3. The van der Waals surface area contributed by atoms with Crippen LogP contribution in [0.1, 0.15) is 15.9 Å². The van der Waals surface area contributed by atoms with Gasteiger partial charge in [0.1, 0.15) is 12.1 Å². The summed E-state index contributed by atoms with van der Waals surface area (Å²) in [4.78, 5) is 12.3. The van der Waals surface area contributed by atoms with Crippen LogP contribution in [0.15, 0.2) is 48.5 Å². The van der Waals surface area contributed by atoms with Crippen molar-refractivity contribution >= 4 is 16.8 Å². The Balaban J connectivity index is 1.94. The molecule has 0 amide bonds. The van der Waals surface area contributed by atoms with E-state index in [4.69, 9.17) is 0 Å². The highest BCUT2D eigenvalue weighted by molar-refractivity contribution is 5.97. The molecule has 1 heterocycles. The summed E-state index contributed by atoms with van der Waals surface area (Å²) in [5.74, 6) is 0.0498. The number of fused-ring (bicyclic) bond motifs is 1. The number of hydrogen-bond donors (Lipinski definition) is 0. The first-order valence-corrected chi connectivity index (χ1v) is 6.13. The third-order valence-corrected chi connectivity index (χ3v) is 3.16. The number of para-hydroxylation sites is 1. The van der Waals surface area contributed by atoms with E-state index in [1.807, 2.05) is 55.5 Å². The summed E-state index contributed by atoms with van der Waals surface area (Å²) >= 11 is 0. The zero-order valence-electron chi connectivity index (χ0n) is 10.6. The van der Waals surface area contributed by atoms with Crippen molar-refractivity contribution in [3.05, 3.63) is 59.7 Å². The zero-order chi connectivity index (χ0) is 13.2. The molecule has 0 fully saturated rings. The van der Waals surface area contributed by atoms with Crippen LogP contribution in [0.3, 0.4) is 0 Å². The van der Waals surface area contributed by atoms with E-state index in [9.17, 15) is 4.79 Å². The molecule has 0 aliphatic rings. The maximum Gasteiger partial charge on any atom is 0.184 e. The van der Waals surface area contributed by atoms with Gasteiger partial charge in [0, 0.05) is 5.56 Å². The Kier molecular flexibility index (Phi) is 2.83. The number of Topliss-reactive ketones (excluding diaryl/α,β-unsaturated/α-hetero) is 1. The lowest BCUT2D eigenvalue weighted by molar-refractivity contribution is 0.0968. The predicted octanol–water partition coefficient (Wildman–Crippen LogP) is 2.62. The minimum Gasteiger partial charge on any atom is -0.292 e. The highest BCUT2D eigenvalue weighted by Gasteiger charge is 2.12. The number of carbonyl (C=O) groups excluding carboxylic acids is 1. The van der Waals surface area contributed by atoms with Gasteiger partial charge in [-0.2, -0.15) is 0 Å². The standard InChI is InChI=1S/C15H13N3O/c1-11-6-2-3-7-12(11)15(19)10-18-14-9-5-4-8-13(14)16-17-18/h2-9H,10H2,1H3. The van der Waals surface area contributed by atoms with Crippen LogP contribution in [0.2, 0.25) is 0 Å². The van der Waals surface area contributed by atoms with Crippen molar-refractivity contribution in [3.8, 4) is 0 Å². The van der Waals surface area contributed by atoms with Crippen molar-refractivity contribution in [3.63, 3.8) is 0 Å². The van der Waals surface area contributed by atoms with Gasteiger partial charge in [0.05, 0.1) is 5.52 Å². The van der Waals surface area contributed by atoms with Crippen molar-refractivity contribution in [2.45, 2.75) is 13.5 Å². The molecule has 0 unspecified atom stereocenters. The van der Waals surface area contributed by atoms with Crippen LogP contribution in [0.5, 0.6) is 0 Å². The largest absolute Gasteiger partial charge is 0.292 e. The summed E-state index contributed by atoms with van der Waals surface area (Å²) in [5.41, 5.74) is 3.41. The number of ketones is 1. The lowest BCUT2D eigenvalue weighted by atomic mass is 10.1. The van der Waals surface area contributed by atoms with E-state index >= 15 is 0 Å². The minimum absolute atomic E-state index is 0.0498. The average Bonchev–Trinajstić information content (AvgIpc) is 2.83. The second kappa shape index (κ2) is 4.65. The number of nitrogens with zero attached hydrogens (tertiary/aromatic N) is 3. The van der Waals surface area contributed by atoms with Gasteiger partial charge in [0.25, 0.3) is 0 Å². The van der Waals surface area contributed by atoms with Crippen LogP contribution < -0.4 is 0 Å². The highest BCUT2D eigenvalue weighted by atomic mass is 16.1. The van der Waals surface area contributed by atoms with Crippen LogP contribution in [0.25, 0.3) is 11.0 Å². The second-order valence-corrected chi connectivity index (χ2v) is 4.47. The van der Waals surface area contributed by atoms with Gasteiger partial charge < -0.3 is 0 Å². The first-order valence-electron chi connectivity index (χ1n) is 6.13. The van der Waals surface area contributed by atoms with Gasteiger partial charge in [0.15, 0.2) is 5.78 Å². The first kappa shape index (κ1) is 11.6. The number of hydrogen-bond acceptors (Lipinski definition) is 3. The van der Waals surface area contributed by atoms with E-state index in [0.29, 0.717) is 0 Å². The quantitative estimate of drug-likeness (QED) is 0.672. The molecule has 3 rings (SSSR count). The van der Waals surface area contributed by atoms with E-state index < -0.39 is 0 Å². The number of carbonyl (C=O) groups is 1. The van der Waals surface area contributed by atoms with Gasteiger partial charge >= 0.3 is 0 Å². The first-order chi connectivity index (χ1) is 9.25. The van der Waals surface area contributed by atoms with E-state index in [1.165, 1.54) is 0 Å². The lowest BCUT2D eigenvalue weighted by Crippen LogP contribution is -2.12. The molecule has 0 aliphatic carbocycles. The molecule has 3 aromatic rings. The predicted molar refractivity (Wildman–Crippen MR) is 73.0 cm³/mol. The van der Waals surface area contributed by atoms with Gasteiger partial charge in [-0.05, 0) is 24.6 Å². The summed E-state index contributed by atoms with van der Waals surface area (Å²) in [6.45, 7) is 2.15. The molecule has 0 radical (unpaired) electrons. The van der Waals surface area contributed by atoms with Crippen molar-refractivity contribution in [2.75, 3.05) is 0 Å². The third kappa shape index (κ3) is 2.12. The Morgan fingerprint density at radius 1 is 1.11 bits per heavy atom. The minimum atomic E-state index is 0.0498. The summed E-state index contributed by atoms with van der Waals surface area (Å²) in [7, 11) is 0. The fourth-order valence-corrected chi connectivity index (χ4v) is 2.14. The van der Waals surface area contributed by atoms with Crippen LogP contribution in [0.4, 0.5) is 0 Å². The number of benzene rings is 2. The van der Waals surface area contributed by atoms with Crippen LogP contribution >= 0.6 is 0 Å².